The van der Waals surface area contributed by atoms with E-state index in [1.54, 1.807) is 0 Å². The van der Waals surface area contributed by atoms with Crippen LogP contribution in [0.3, 0.4) is 0 Å². The van der Waals surface area contributed by atoms with Crippen molar-refractivity contribution in [3.8, 4) is 0 Å². The maximum atomic E-state index is 8.70. The molecule has 2 rings (SSSR count). The van der Waals surface area contributed by atoms with E-state index in [-0.39, 0.29) is 6.61 Å². The molecule has 1 aromatic heterocycles. The molecular formula is C13H22N4O. The smallest absolute Gasteiger partial charge is 0.148 e. The fourth-order valence-electron chi connectivity index (χ4n) is 2.25. The lowest BCUT2D eigenvalue weighted by Gasteiger charge is -2.28. The van der Waals surface area contributed by atoms with E-state index in [1.807, 2.05) is 6.07 Å². The predicted octanol–water partition coefficient (Wildman–Crippen LogP) is 1.08. The van der Waals surface area contributed by atoms with Crippen LogP contribution in [0.2, 0.25) is 0 Å². The summed E-state index contributed by atoms with van der Waals surface area (Å²) in [6.07, 6.45) is 3.07. The molecule has 1 aliphatic heterocycles. The molecule has 0 aromatic carbocycles. The lowest BCUT2D eigenvalue weighted by Crippen LogP contribution is -2.29. The Hall–Kier alpha value is -1.20. The molecule has 0 bridgehead atoms. The molecule has 100 valence electrons. The minimum Gasteiger partial charge on any atom is -0.396 e. The SMILES string of the molecule is CN1CCC(c2ccc(NCCCO)nn2)CC1. The minimum absolute atomic E-state index is 0.202. The van der Waals surface area contributed by atoms with E-state index in [9.17, 15) is 0 Å². The number of nitrogens with zero attached hydrogens (tertiary/aromatic N) is 3. The quantitative estimate of drug-likeness (QED) is 0.766. The third-order valence-electron chi connectivity index (χ3n) is 3.46. The van der Waals surface area contributed by atoms with Crippen molar-refractivity contribution in [2.45, 2.75) is 25.2 Å². The molecule has 0 unspecified atom stereocenters. The summed E-state index contributed by atoms with van der Waals surface area (Å²) in [6.45, 7) is 3.22. The molecule has 5 heteroatoms. The Morgan fingerprint density at radius 2 is 2.11 bits per heavy atom. The Kier molecular flexibility index (Phi) is 4.90. The van der Waals surface area contributed by atoms with Gasteiger partial charge in [0.25, 0.3) is 0 Å². The summed E-state index contributed by atoms with van der Waals surface area (Å²) < 4.78 is 0. The highest BCUT2D eigenvalue weighted by molar-refractivity contribution is 5.33. The first-order valence-electron chi connectivity index (χ1n) is 6.66. The van der Waals surface area contributed by atoms with E-state index in [4.69, 9.17) is 5.11 Å². The third-order valence-corrected chi connectivity index (χ3v) is 3.46. The van der Waals surface area contributed by atoms with Gasteiger partial charge in [-0.3, -0.25) is 0 Å². The maximum Gasteiger partial charge on any atom is 0.148 e. The molecule has 0 atom stereocenters. The van der Waals surface area contributed by atoms with Crippen LogP contribution in [0.25, 0.3) is 0 Å². The van der Waals surface area contributed by atoms with Crippen molar-refractivity contribution in [2.75, 3.05) is 38.6 Å². The zero-order valence-electron chi connectivity index (χ0n) is 11.0. The predicted molar refractivity (Wildman–Crippen MR) is 71.7 cm³/mol. The van der Waals surface area contributed by atoms with Gasteiger partial charge >= 0.3 is 0 Å². The number of likely N-dealkylation sites (tertiary alicyclic amines) is 1. The van der Waals surface area contributed by atoms with Gasteiger partial charge in [0.15, 0.2) is 0 Å². The van der Waals surface area contributed by atoms with E-state index >= 15 is 0 Å². The molecular weight excluding hydrogens is 228 g/mol. The van der Waals surface area contributed by atoms with Gasteiger partial charge in [-0.2, -0.15) is 5.10 Å². The van der Waals surface area contributed by atoms with Gasteiger partial charge in [0.2, 0.25) is 0 Å². The largest absolute Gasteiger partial charge is 0.396 e. The van der Waals surface area contributed by atoms with Crippen molar-refractivity contribution in [1.82, 2.24) is 15.1 Å². The van der Waals surface area contributed by atoms with Gasteiger partial charge in [-0.05, 0) is 51.5 Å². The normalized spacial score (nSPS) is 17.9. The van der Waals surface area contributed by atoms with Crippen molar-refractivity contribution < 1.29 is 5.11 Å². The van der Waals surface area contributed by atoms with Crippen LogP contribution in [0.15, 0.2) is 12.1 Å². The summed E-state index contributed by atoms with van der Waals surface area (Å²) in [6, 6.07) is 4.06. The summed E-state index contributed by atoms with van der Waals surface area (Å²) >= 11 is 0. The van der Waals surface area contributed by atoms with E-state index in [0.29, 0.717) is 5.92 Å². The van der Waals surface area contributed by atoms with Gasteiger partial charge in [0, 0.05) is 19.1 Å². The summed E-state index contributed by atoms with van der Waals surface area (Å²) in [7, 11) is 2.16. The molecule has 1 saturated heterocycles. The minimum atomic E-state index is 0.202. The third kappa shape index (κ3) is 3.65. The van der Waals surface area contributed by atoms with Crippen LogP contribution in [-0.4, -0.2) is 53.5 Å². The molecule has 0 saturated carbocycles. The van der Waals surface area contributed by atoms with Crippen LogP contribution in [0.4, 0.5) is 5.82 Å². The maximum absolute atomic E-state index is 8.70. The summed E-state index contributed by atoms with van der Waals surface area (Å²) in [5.41, 5.74) is 1.11. The average molecular weight is 250 g/mol. The van der Waals surface area contributed by atoms with E-state index < -0.39 is 0 Å². The van der Waals surface area contributed by atoms with Crippen LogP contribution in [0.5, 0.6) is 0 Å². The first kappa shape index (κ1) is 13.2. The first-order valence-corrected chi connectivity index (χ1v) is 6.66. The molecule has 1 aromatic rings. The number of rotatable bonds is 5. The zero-order valence-corrected chi connectivity index (χ0v) is 11.0. The van der Waals surface area contributed by atoms with Crippen molar-refractivity contribution in [1.29, 1.82) is 0 Å². The number of hydrogen-bond acceptors (Lipinski definition) is 5. The number of aliphatic hydroxyl groups is 1. The van der Waals surface area contributed by atoms with Crippen molar-refractivity contribution >= 4 is 5.82 Å². The molecule has 1 fully saturated rings. The molecule has 1 aliphatic rings. The Balaban J connectivity index is 1.87. The van der Waals surface area contributed by atoms with Crippen molar-refractivity contribution in [3.05, 3.63) is 17.8 Å². The molecule has 0 spiro atoms. The molecule has 5 nitrogen and oxygen atoms in total. The number of aromatic nitrogens is 2. The molecule has 2 heterocycles. The Bertz CT molecular complexity index is 347. The molecule has 0 amide bonds. The lowest BCUT2D eigenvalue weighted by atomic mass is 9.94. The van der Waals surface area contributed by atoms with Crippen LogP contribution in [0.1, 0.15) is 30.9 Å². The molecule has 0 aliphatic carbocycles. The highest BCUT2D eigenvalue weighted by Gasteiger charge is 2.19. The number of piperidine rings is 1. The van der Waals surface area contributed by atoms with Gasteiger partial charge in [-0.15, -0.1) is 5.10 Å². The van der Waals surface area contributed by atoms with E-state index in [2.05, 4.69) is 33.5 Å². The molecule has 2 N–H and O–H groups in total. The zero-order chi connectivity index (χ0) is 12.8. The highest BCUT2D eigenvalue weighted by Crippen LogP contribution is 2.25. The van der Waals surface area contributed by atoms with Crippen LogP contribution >= 0.6 is 0 Å². The lowest BCUT2D eigenvalue weighted by molar-refractivity contribution is 0.253. The van der Waals surface area contributed by atoms with Gasteiger partial charge < -0.3 is 15.3 Å². The number of aliphatic hydroxyl groups excluding tert-OH is 1. The fourth-order valence-corrected chi connectivity index (χ4v) is 2.25. The Morgan fingerprint density at radius 1 is 1.33 bits per heavy atom. The van der Waals surface area contributed by atoms with Crippen molar-refractivity contribution in [2.24, 2.45) is 0 Å². The number of hydrogen-bond donors (Lipinski definition) is 2. The standard InChI is InChI=1S/C13H22N4O/c1-17-8-5-11(6-9-17)12-3-4-13(16-15-12)14-7-2-10-18/h3-4,11,18H,2,5-10H2,1H3,(H,14,16). The monoisotopic (exact) mass is 250 g/mol. The second-order valence-electron chi connectivity index (χ2n) is 4.92. The highest BCUT2D eigenvalue weighted by atomic mass is 16.3. The summed E-state index contributed by atoms with van der Waals surface area (Å²) in [4.78, 5) is 2.36. The van der Waals surface area contributed by atoms with Crippen LogP contribution in [-0.2, 0) is 0 Å². The van der Waals surface area contributed by atoms with Gasteiger partial charge in [0.1, 0.15) is 5.82 Å². The Labute approximate surface area is 108 Å². The average Bonchev–Trinajstić information content (AvgIpc) is 2.41. The second kappa shape index (κ2) is 6.66. The van der Waals surface area contributed by atoms with Crippen LogP contribution < -0.4 is 5.32 Å². The fraction of sp³-hybridized carbons (Fsp3) is 0.692. The second-order valence-corrected chi connectivity index (χ2v) is 4.92. The van der Waals surface area contributed by atoms with E-state index in [1.165, 1.54) is 12.8 Å². The topological polar surface area (TPSA) is 61.3 Å². The van der Waals surface area contributed by atoms with Gasteiger partial charge in [0.05, 0.1) is 5.69 Å². The molecule has 0 radical (unpaired) electrons. The summed E-state index contributed by atoms with van der Waals surface area (Å²) in [5.74, 6) is 1.35. The van der Waals surface area contributed by atoms with Gasteiger partial charge in [-0.1, -0.05) is 0 Å². The Morgan fingerprint density at radius 3 is 2.72 bits per heavy atom. The van der Waals surface area contributed by atoms with Crippen LogP contribution in [0, 0.1) is 0 Å². The van der Waals surface area contributed by atoms with Crippen molar-refractivity contribution in [3.63, 3.8) is 0 Å². The number of anilines is 1. The van der Waals surface area contributed by atoms with E-state index in [0.717, 1.165) is 37.6 Å². The summed E-state index contributed by atoms with van der Waals surface area (Å²) in [5, 5.41) is 20.3. The molecule has 18 heavy (non-hydrogen) atoms. The first-order chi connectivity index (χ1) is 8.79. The van der Waals surface area contributed by atoms with Gasteiger partial charge in [-0.25, -0.2) is 0 Å². The number of nitrogens with one attached hydrogen (secondary N) is 1.